The Morgan fingerprint density at radius 2 is 1.19 bits per heavy atom. The third kappa shape index (κ3) is 6.21. The lowest BCUT2D eigenvalue weighted by atomic mass is 9.96. The van der Waals surface area contributed by atoms with Crippen LogP contribution in [0.15, 0.2) is 71.4 Å². The fraction of sp³-hybridized carbons (Fsp3) is 0.400. The summed E-state index contributed by atoms with van der Waals surface area (Å²) in [5.41, 5.74) is 5.34. The molecule has 0 radical (unpaired) electrons. The molecule has 0 saturated carbocycles. The van der Waals surface area contributed by atoms with Crippen molar-refractivity contribution in [2.75, 3.05) is 4.93 Å². The standard InChI is InChI=1S/C17H22.C2H6.CH3I/c1-6-10-15-13(5)14(9-4)16(11-7-2)17(15)12-8-3;2*1-2/h6-13H,4H2,1-3,5H3;1-2H3;1H3/b10-6-,11-7-,12-8-;;. The molecule has 0 spiro atoms. The maximum Gasteiger partial charge on any atom is 0.00729 e. The van der Waals surface area contributed by atoms with Gasteiger partial charge in [-0.15, -0.1) is 0 Å². The van der Waals surface area contributed by atoms with E-state index in [-0.39, 0.29) is 0 Å². The van der Waals surface area contributed by atoms with E-state index in [2.05, 4.69) is 93.3 Å². The molecule has 1 aliphatic carbocycles. The Labute approximate surface area is 146 Å². The van der Waals surface area contributed by atoms with Crippen LogP contribution in [0.2, 0.25) is 0 Å². The van der Waals surface area contributed by atoms with Crippen molar-refractivity contribution < 1.29 is 0 Å². The Morgan fingerprint density at radius 1 is 0.810 bits per heavy atom. The smallest absolute Gasteiger partial charge is 0.00729 e. The highest BCUT2D eigenvalue weighted by Gasteiger charge is 2.24. The van der Waals surface area contributed by atoms with Crippen molar-refractivity contribution in [2.24, 2.45) is 5.92 Å². The molecule has 0 nitrogen and oxygen atoms in total. The van der Waals surface area contributed by atoms with Gasteiger partial charge in [-0.25, -0.2) is 0 Å². The van der Waals surface area contributed by atoms with Crippen LogP contribution in [0.5, 0.6) is 0 Å². The van der Waals surface area contributed by atoms with Crippen LogP contribution in [0.3, 0.4) is 0 Å². The fourth-order valence-corrected chi connectivity index (χ4v) is 2.35. The molecule has 0 fully saturated rings. The molecule has 0 aromatic heterocycles. The zero-order chi connectivity index (χ0) is 16.8. The largest absolute Gasteiger partial charge is 0.0987 e. The predicted octanol–water partition coefficient (Wildman–Crippen LogP) is 7.22. The molecule has 0 heterocycles. The van der Waals surface area contributed by atoms with Crippen molar-refractivity contribution in [1.82, 2.24) is 0 Å². The van der Waals surface area contributed by atoms with E-state index >= 15 is 0 Å². The van der Waals surface area contributed by atoms with Gasteiger partial charge in [-0.2, -0.15) is 0 Å². The molecule has 0 aromatic rings. The summed E-state index contributed by atoms with van der Waals surface area (Å²) in [7, 11) is 0. The number of rotatable bonds is 4. The summed E-state index contributed by atoms with van der Waals surface area (Å²) < 4.78 is 0. The van der Waals surface area contributed by atoms with Gasteiger partial charge in [-0.05, 0) is 48.0 Å². The summed E-state index contributed by atoms with van der Waals surface area (Å²) in [4.78, 5) is 1.97. The van der Waals surface area contributed by atoms with Crippen molar-refractivity contribution in [2.45, 2.75) is 41.5 Å². The van der Waals surface area contributed by atoms with Gasteiger partial charge in [0.2, 0.25) is 0 Å². The average Bonchev–Trinajstić information content (AvgIpc) is 2.77. The quantitative estimate of drug-likeness (QED) is 0.346. The first-order chi connectivity index (χ1) is 10.2. The zero-order valence-electron chi connectivity index (χ0n) is 14.7. The van der Waals surface area contributed by atoms with Crippen LogP contribution in [-0.4, -0.2) is 4.93 Å². The Balaban J connectivity index is 0. The molecule has 0 saturated heterocycles. The second-order valence-electron chi connectivity index (χ2n) is 4.16. The topological polar surface area (TPSA) is 0 Å². The number of halogens is 1. The van der Waals surface area contributed by atoms with Gasteiger partial charge in [0, 0.05) is 5.92 Å². The SMILES string of the molecule is C=CC1=C(/C=C\C)C(/C=C\C)=C(/C=C\C)C1C.CC.CI. The van der Waals surface area contributed by atoms with Gasteiger partial charge < -0.3 is 0 Å². The number of alkyl halides is 1. The van der Waals surface area contributed by atoms with Crippen LogP contribution in [0, 0.1) is 5.92 Å². The van der Waals surface area contributed by atoms with Gasteiger partial charge in [0.1, 0.15) is 0 Å². The lowest BCUT2D eigenvalue weighted by Gasteiger charge is -2.08. The summed E-state index contributed by atoms with van der Waals surface area (Å²) in [6.45, 7) is 16.4. The summed E-state index contributed by atoms with van der Waals surface area (Å²) in [6, 6.07) is 0. The van der Waals surface area contributed by atoms with Crippen LogP contribution >= 0.6 is 22.6 Å². The third-order valence-corrected chi connectivity index (χ3v) is 3.08. The van der Waals surface area contributed by atoms with Gasteiger partial charge in [0.25, 0.3) is 0 Å². The Kier molecular flexibility index (Phi) is 15.1. The van der Waals surface area contributed by atoms with E-state index in [1.54, 1.807) is 0 Å². The minimum Gasteiger partial charge on any atom is -0.0987 e. The highest BCUT2D eigenvalue weighted by Crippen LogP contribution is 2.39. The first kappa shape index (κ1) is 22.5. The highest BCUT2D eigenvalue weighted by atomic mass is 127. The van der Waals surface area contributed by atoms with Crippen LogP contribution < -0.4 is 0 Å². The molecule has 0 amide bonds. The molecule has 1 atom stereocenters. The van der Waals surface area contributed by atoms with Gasteiger partial charge in [0.15, 0.2) is 0 Å². The molecule has 1 heteroatoms. The van der Waals surface area contributed by atoms with Crippen molar-refractivity contribution in [1.29, 1.82) is 0 Å². The van der Waals surface area contributed by atoms with Crippen LogP contribution in [0.25, 0.3) is 0 Å². The number of allylic oxidation sites excluding steroid dienone is 11. The molecule has 0 bridgehead atoms. The maximum absolute atomic E-state index is 3.95. The molecule has 0 N–H and O–H groups in total. The van der Waals surface area contributed by atoms with E-state index in [4.69, 9.17) is 0 Å². The molecular weight excluding hydrogens is 367 g/mol. The fourth-order valence-electron chi connectivity index (χ4n) is 2.35. The van der Waals surface area contributed by atoms with Gasteiger partial charge in [0.05, 0.1) is 0 Å². The average molecular weight is 398 g/mol. The van der Waals surface area contributed by atoms with Crippen molar-refractivity contribution in [3.8, 4) is 0 Å². The second-order valence-corrected chi connectivity index (χ2v) is 4.16. The lowest BCUT2D eigenvalue weighted by Crippen LogP contribution is -1.95. The molecular formula is C20H31I. The van der Waals surface area contributed by atoms with E-state index < -0.39 is 0 Å². The Bertz CT molecular complexity index is 442. The molecule has 1 aliphatic rings. The number of hydrogen-bond donors (Lipinski definition) is 0. The maximum atomic E-state index is 3.95. The van der Waals surface area contributed by atoms with Crippen molar-refractivity contribution in [3.05, 3.63) is 71.4 Å². The third-order valence-electron chi connectivity index (χ3n) is 3.08. The monoisotopic (exact) mass is 398 g/mol. The van der Waals surface area contributed by atoms with Gasteiger partial charge in [-0.3, -0.25) is 0 Å². The van der Waals surface area contributed by atoms with Gasteiger partial charge in [-0.1, -0.05) is 92.5 Å². The summed E-state index contributed by atoms with van der Waals surface area (Å²) in [5, 5.41) is 0. The first-order valence-electron chi connectivity index (χ1n) is 7.58. The summed E-state index contributed by atoms with van der Waals surface area (Å²) >= 11 is 2.15. The zero-order valence-corrected chi connectivity index (χ0v) is 16.9. The summed E-state index contributed by atoms with van der Waals surface area (Å²) in [6.07, 6.45) is 14.9. The summed E-state index contributed by atoms with van der Waals surface area (Å²) in [5.74, 6) is 0.432. The molecule has 0 aliphatic heterocycles. The van der Waals surface area contributed by atoms with Crippen molar-refractivity contribution >= 4 is 22.6 Å². The normalized spacial score (nSPS) is 18.2. The van der Waals surface area contributed by atoms with E-state index in [0.717, 1.165) is 0 Å². The molecule has 21 heavy (non-hydrogen) atoms. The second kappa shape index (κ2) is 14.1. The van der Waals surface area contributed by atoms with Crippen LogP contribution in [-0.2, 0) is 0 Å². The Hall–Kier alpha value is -0.830. The number of hydrogen-bond acceptors (Lipinski definition) is 0. The van der Waals surface area contributed by atoms with E-state index in [1.807, 2.05) is 24.9 Å². The van der Waals surface area contributed by atoms with E-state index in [1.165, 1.54) is 22.3 Å². The van der Waals surface area contributed by atoms with Crippen molar-refractivity contribution in [3.63, 3.8) is 0 Å². The van der Waals surface area contributed by atoms with Crippen LogP contribution in [0.4, 0.5) is 0 Å². The molecule has 1 unspecified atom stereocenters. The minimum atomic E-state index is 0.432. The predicted molar refractivity (Wildman–Crippen MR) is 109 cm³/mol. The van der Waals surface area contributed by atoms with E-state index in [0.29, 0.717) is 5.92 Å². The molecule has 118 valence electrons. The Morgan fingerprint density at radius 3 is 1.52 bits per heavy atom. The molecule has 1 rings (SSSR count). The van der Waals surface area contributed by atoms with Gasteiger partial charge >= 0.3 is 0 Å². The highest BCUT2D eigenvalue weighted by molar-refractivity contribution is 14.1. The lowest BCUT2D eigenvalue weighted by molar-refractivity contribution is 0.864. The van der Waals surface area contributed by atoms with E-state index in [9.17, 15) is 0 Å². The molecule has 0 aromatic carbocycles. The first-order valence-corrected chi connectivity index (χ1v) is 9.74. The minimum absolute atomic E-state index is 0.432. The van der Waals surface area contributed by atoms with Crippen LogP contribution in [0.1, 0.15) is 41.5 Å².